The molecule has 0 aliphatic heterocycles. The van der Waals surface area contributed by atoms with E-state index in [4.69, 9.17) is 11.6 Å². The van der Waals surface area contributed by atoms with Gasteiger partial charge in [-0.2, -0.15) is 0 Å². The molecule has 0 saturated carbocycles. The second-order valence-corrected chi connectivity index (χ2v) is 4.10. The number of carbonyl (C=O) groups excluding carboxylic acids is 1. The Kier molecular flexibility index (Phi) is 3.58. The number of amides is 1. The monoisotopic (exact) mass is 264 g/mol. The van der Waals surface area contributed by atoms with E-state index < -0.39 is 5.82 Å². The van der Waals surface area contributed by atoms with Gasteiger partial charge in [-0.1, -0.05) is 11.6 Å². The highest BCUT2D eigenvalue weighted by atomic mass is 35.5. The van der Waals surface area contributed by atoms with Gasteiger partial charge in [0.05, 0.1) is 5.56 Å². The fourth-order valence-corrected chi connectivity index (χ4v) is 1.74. The van der Waals surface area contributed by atoms with Crippen molar-refractivity contribution < 1.29 is 9.18 Å². The summed E-state index contributed by atoms with van der Waals surface area (Å²) >= 11 is 5.69. The number of benzene rings is 1. The molecule has 0 aliphatic rings. The first-order valence-electron chi connectivity index (χ1n) is 5.24. The van der Waals surface area contributed by atoms with Gasteiger partial charge in [-0.25, -0.2) is 4.39 Å². The molecule has 0 radical (unpaired) electrons. The number of nitrogens with zero attached hydrogens (tertiary/aromatic N) is 1. The van der Waals surface area contributed by atoms with Gasteiger partial charge in [-0.05, 0) is 24.3 Å². The Morgan fingerprint density at radius 2 is 2.11 bits per heavy atom. The third-order valence-corrected chi connectivity index (χ3v) is 2.70. The molecule has 0 saturated heterocycles. The Morgan fingerprint density at radius 1 is 1.33 bits per heavy atom. The second-order valence-electron chi connectivity index (χ2n) is 3.67. The molecule has 0 bridgehead atoms. The first kappa shape index (κ1) is 12.5. The average molecular weight is 265 g/mol. The van der Waals surface area contributed by atoms with Crippen molar-refractivity contribution in [1.82, 2.24) is 10.3 Å². The van der Waals surface area contributed by atoms with Gasteiger partial charge in [0.1, 0.15) is 5.82 Å². The smallest absolute Gasteiger partial charge is 0.252 e. The highest BCUT2D eigenvalue weighted by Gasteiger charge is 2.09. The minimum atomic E-state index is -0.446. The summed E-state index contributed by atoms with van der Waals surface area (Å²) in [7, 11) is 1.53. The summed E-state index contributed by atoms with van der Waals surface area (Å²) in [6.07, 6.45) is 2.93. The van der Waals surface area contributed by atoms with Crippen molar-refractivity contribution >= 4 is 17.5 Å². The van der Waals surface area contributed by atoms with E-state index in [0.29, 0.717) is 21.7 Å². The SMILES string of the molecule is CNC(=O)c1cncc(-c2ccc(Cl)cc2F)c1. The Labute approximate surface area is 109 Å². The molecule has 0 spiro atoms. The summed E-state index contributed by atoms with van der Waals surface area (Å²) in [4.78, 5) is 15.4. The van der Waals surface area contributed by atoms with Crippen LogP contribution in [-0.2, 0) is 0 Å². The maximum absolute atomic E-state index is 13.7. The van der Waals surface area contributed by atoms with Crippen molar-refractivity contribution in [3.63, 3.8) is 0 Å². The number of pyridine rings is 1. The highest BCUT2D eigenvalue weighted by Crippen LogP contribution is 2.25. The molecule has 1 heterocycles. The molecule has 1 N–H and O–H groups in total. The largest absolute Gasteiger partial charge is 0.355 e. The normalized spacial score (nSPS) is 10.2. The first-order valence-corrected chi connectivity index (χ1v) is 5.62. The number of nitrogens with one attached hydrogen (secondary N) is 1. The van der Waals surface area contributed by atoms with Crippen molar-refractivity contribution in [2.24, 2.45) is 0 Å². The molecule has 1 aromatic carbocycles. The molecule has 1 amide bonds. The fourth-order valence-electron chi connectivity index (χ4n) is 1.58. The second kappa shape index (κ2) is 5.14. The van der Waals surface area contributed by atoms with Crippen LogP contribution in [0.25, 0.3) is 11.1 Å². The van der Waals surface area contributed by atoms with Crippen LogP contribution in [0.5, 0.6) is 0 Å². The van der Waals surface area contributed by atoms with Crippen LogP contribution in [0.3, 0.4) is 0 Å². The van der Waals surface area contributed by atoms with Crippen molar-refractivity contribution in [2.75, 3.05) is 7.05 Å². The zero-order valence-corrected chi connectivity index (χ0v) is 10.3. The molecule has 18 heavy (non-hydrogen) atoms. The fraction of sp³-hybridized carbons (Fsp3) is 0.0769. The Hall–Kier alpha value is -1.94. The van der Waals surface area contributed by atoms with Crippen molar-refractivity contribution in [3.8, 4) is 11.1 Å². The average Bonchev–Trinajstić information content (AvgIpc) is 2.38. The lowest BCUT2D eigenvalue weighted by molar-refractivity contribution is 0.0963. The summed E-state index contributed by atoms with van der Waals surface area (Å²) in [6.45, 7) is 0. The number of aromatic nitrogens is 1. The molecule has 0 aliphatic carbocycles. The molecule has 5 heteroatoms. The molecule has 2 aromatic rings. The predicted octanol–water partition coefficient (Wildman–Crippen LogP) is 2.90. The number of halogens is 2. The quantitative estimate of drug-likeness (QED) is 0.906. The van der Waals surface area contributed by atoms with E-state index in [9.17, 15) is 9.18 Å². The number of hydrogen-bond donors (Lipinski definition) is 1. The summed E-state index contributed by atoms with van der Waals surface area (Å²) in [5, 5.41) is 2.82. The summed E-state index contributed by atoms with van der Waals surface area (Å²) in [6, 6.07) is 5.95. The minimum Gasteiger partial charge on any atom is -0.355 e. The maximum Gasteiger partial charge on any atom is 0.252 e. The molecule has 92 valence electrons. The third-order valence-electron chi connectivity index (χ3n) is 2.47. The number of rotatable bonds is 2. The van der Waals surface area contributed by atoms with Crippen molar-refractivity contribution in [2.45, 2.75) is 0 Å². The molecule has 3 nitrogen and oxygen atoms in total. The van der Waals surface area contributed by atoms with Crippen LogP contribution in [-0.4, -0.2) is 17.9 Å². The lowest BCUT2D eigenvalue weighted by Crippen LogP contribution is -2.17. The van der Waals surface area contributed by atoms with Crippen molar-refractivity contribution in [3.05, 3.63) is 53.1 Å². The molecule has 0 unspecified atom stereocenters. The van der Waals surface area contributed by atoms with Crippen LogP contribution in [0.2, 0.25) is 5.02 Å². The zero-order chi connectivity index (χ0) is 13.1. The van der Waals surface area contributed by atoms with E-state index in [1.807, 2.05) is 0 Å². The highest BCUT2D eigenvalue weighted by molar-refractivity contribution is 6.30. The van der Waals surface area contributed by atoms with E-state index in [1.54, 1.807) is 18.2 Å². The number of hydrogen-bond acceptors (Lipinski definition) is 2. The Morgan fingerprint density at radius 3 is 2.78 bits per heavy atom. The van der Waals surface area contributed by atoms with Gasteiger partial charge in [0.25, 0.3) is 5.91 Å². The van der Waals surface area contributed by atoms with Gasteiger partial charge < -0.3 is 5.32 Å². The summed E-state index contributed by atoms with van der Waals surface area (Å²) in [5.41, 5.74) is 1.27. The van der Waals surface area contributed by atoms with Crippen LogP contribution < -0.4 is 5.32 Å². The van der Waals surface area contributed by atoms with Gasteiger partial charge in [0.2, 0.25) is 0 Å². The van der Waals surface area contributed by atoms with E-state index >= 15 is 0 Å². The van der Waals surface area contributed by atoms with Gasteiger partial charge in [-0.15, -0.1) is 0 Å². The van der Waals surface area contributed by atoms with Gasteiger partial charge in [0.15, 0.2) is 0 Å². The van der Waals surface area contributed by atoms with Crippen LogP contribution in [0.4, 0.5) is 4.39 Å². The third kappa shape index (κ3) is 2.49. The molecule has 0 fully saturated rings. The minimum absolute atomic E-state index is 0.265. The lowest BCUT2D eigenvalue weighted by atomic mass is 10.1. The Bertz CT molecular complexity index is 601. The molecule has 1 aromatic heterocycles. The predicted molar refractivity (Wildman–Crippen MR) is 68.0 cm³/mol. The molecular formula is C13H10ClFN2O. The first-order chi connectivity index (χ1) is 8.61. The van der Waals surface area contributed by atoms with Crippen LogP contribution in [0.1, 0.15) is 10.4 Å². The van der Waals surface area contributed by atoms with Gasteiger partial charge in [-0.3, -0.25) is 9.78 Å². The van der Waals surface area contributed by atoms with Gasteiger partial charge in [0, 0.05) is 35.6 Å². The maximum atomic E-state index is 13.7. The standard InChI is InChI=1S/C13H10ClFN2O/c1-16-13(18)9-4-8(6-17-7-9)11-3-2-10(14)5-12(11)15/h2-7H,1H3,(H,16,18). The lowest BCUT2D eigenvalue weighted by Gasteiger charge is -2.05. The van der Waals surface area contributed by atoms with E-state index in [-0.39, 0.29) is 5.91 Å². The summed E-state index contributed by atoms with van der Waals surface area (Å²) < 4.78 is 13.7. The topological polar surface area (TPSA) is 42.0 Å². The van der Waals surface area contributed by atoms with Crippen LogP contribution in [0.15, 0.2) is 36.7 Å². The van der Waals surface area contributed by atoms with E-state index in [2.05, 4.69) is 10.3 Å². The van der Waals surface area contributed by atoms with E-state index in [1.165, 1.54) is 25.5 Å². The molecular weight excluding hydrogens is 255 g/mol. The number of carbonyl (C=O) groups is 1. The zero-order valence-electron chi connectivity index (χ0n) is 9.58. The van der Waals surface area contributed by atoms with Crippen LogP contribution in [0, 0.1) is 5.82 Å². The molecule has 0 atom stereocenters. The summed E-state index contributed by atoms with van der Waals surface area (Å²) in [5.74, 6) is -0.711. The van der Waals surface area contributed by atoms with E-state index in [0.717, 1.165) is 0 Å². The van der Waals surface area contributed by atoms with Crippen LogP contribution >= 0.6 is 11.6 Å². The Balaban J connectivity index is 2.48. The van der Waals surface area contributed by atoms with Gasteiger partial charge >= 0.3 is 0 Å². The van der Waals surface area contributed by atoms with Crippen molar-refractivity contribution in [1.29, 1.82) is 0 Å². The molecule has 2 rings (SSSR count).